The average molecular weight is 294 g/mol. The zero-order valence-corrected chi connectivity index (χ0v) is 12.2. The Morgan fingerprint density at radius 2 is 2.24 bits per heavy atom. The second kappa shape index (κ2) is 7.52. The highest BCUT2D eigenvalue weighted by molar-refractivity contribution is 5.77. The molecule has 5 heteroatoms. The molecule has 2 atom stereocenters. The van der Waals surface area contributed by atoms with Crippen molar-refractivity contribution in [2.45, 2.75) is 31.7 Å². The molecule has 0 aromatic heterocycles. The molecule has 1 aromatic rings. The van der Waals surface area contributed by atoms with Crippen molar-refractivity contribution in [3.63, 3.8) is 0 Å². The lowest BCUT2D eigenvalue weighted by Crippen LogP contribution is -2.43. The summed E-state index contributed by atoms with van der Waals surface area (Å²) < 4.78 is 13.6. The van der Waals surface area contributed by atoms with Gasteiger partial charge in [-0.3, -0.25) is 4.79 Å². The summed E-state index contributed by atoms with van der Waals surface area (Å²) in [5.74, 6) is -0.110. The molecule has 1 aliphatic rings. The highest BCUT2D eigenvalue weighted by Gasteiger charge is 2.24. The third-order valence-corrected chi connectivity index (χ3v) is 4.01. The first-order chi connectivity index (χ1) is 10.1. The molecule has 1 heterocycles. The van der Waals surface area contributed by atoms with Crippen LogP contribution < -0.4 is 5.73 Å². The first-order valence-corrected chi connectivity index (χ1v) is 7.47. The Hall–Kier alpha value is -1.46. The van der Waals surface area contributed by atoms with E-state index in [0.29, 0.717) is 18.5 Å². The molecule has 0 spiro atoms. The Morgan fingerprint density at radius 1 is 1.48 bits per heavy atom. The predicted octanol–water partition coefficient (Wildman–Crippen LogP) is 1.32. The Labute approximate surface area is 124 Å². The van der Waals surface area contributed by atoms with Gasteiger partial charge in [0.2, 0.25) is 5.91 Å². The van der Waals surface area contributed by atoms with E-state index in [-0.39, 0.29) is 36.7 Å². The van der Waals surface area contributed by atoms with Gasteiger partial charge in [0, 0.05) is 32.2 Å². The van der Waals surface area contributed by atoms with Gasteiger partial charge in [-0.25, -0.2) is 4.39 Å². The van der Waals surface area contributed by atoms with E-state index in [1.54, 1.807) is 23.1 Å². The smallest absolute Gasteiger partial charge is 0.224 e. The van der Waals surface area contributed by atoms with Crippen molar-refractivity contribution in [1.82, 2.24) is 4.90 Å². The number of aliphatic hydroxyl groups excluding tert-OH is 1. The van der Waals surface area contributed by atoms with Crippen LogP contribution >= 0.6 is 0 Å². The Kier molecular flexibility index (Phi) is 5.70. The highest BCUT2D eigenvalue weighted by Crippen LogP contribution is 2.17. The van der Waals surface area contributed by atoms with E-state index in [2.05, 4.69) is 0 Å². The molecule has 2 rings (SSSR count). The average Bonchev–Trinajstić information content (AvgIpc) is 2.49. The van der Waals surface area contributed by atoms with E-state index < -0.39 is 0 Å². The van der Waals surface area contributed by atoms with E-state index in [4.69, 9.17) is 5.73 Å². The van der Waals surface area contributed by atoms with Crippen molar-refractivity contribution < 1.29 is 14.3 Å². The highest BCUT2D eigenvalue weighted by atomic mass is 19.1. The van der Waals surface area contributed by atoms with Crippen LogP contribution in [-0.4, -0.2) is 41.7 Å². The Bertz CT molecular complexity index is 481. The third-order valence-electron chi connectivity index (χ3n) is 4.01. The van der Waals surface area contributed by atoms with Crippen LogP contribution in [0.2, 0.25) is 0 Å². The summed E-state index contributed by atoms with van der Waals surface area (Å²) in [5.41, 5.74) is 6.53. The minimum atomic E-state index is -0.385. The number of likely N-dealkylation sites (tertiary alicyclic amines) is 1. The van der Waals surface area contributed by atoms with Crippen LogP contribution in [0.25, 0.3) is 0 Å². The number of nitrogens with zero attached hydrogens (tertiary/aromatic N) is 1. The quantitative estimate of drug-likeness (QED) is 0.860. The fourth-order valence-electron chi connectivity index (χ4n) is 2.81. The molecule has 4 nitrogen and oxygen atoms in total. The van der Waals surface area contributed by atoms with Crippen LogP contribution in [-0.2, 0) is 11.2 Å². The number of carbonyl (C=O) groups excluding carboxylic acids is 1. The number of aliphatic hydroxyl groups is 1. The number of halogens is 1. The van der Waals surface area contributed by atoms with Gasteiger partial charge < -0.3 is 15.7 Å². The molecule has 1 saturated heterocycles. The van der Waals surface area contributed by atoms with E-state index in [0.717, 1.165) is 19.4 Å². The maximum atomic E-state index is 13.6. The zero-order valence-electron chi connectivity index (χ0n) is 12.2. The molecule has 21 heavy (non-hydrogen) atoms. The molecule has 1 aliphatic heterocycles. The van der Waals surface area contributed by atoms with Crippen LogP contribution in [0.5, 0.6) is 0 Å². The Balaban J connectivity index is 1.86. The number of benzene rings is 1. The molecule has 1 aromatic carbocycles. The number of carbonyl (C=O) groups is 1. The summed E-state index contributed by atoms with van der Waals surface area (Å²) in [4.78, 5) is 14.0. The molecule has 0 radical (unpaired) electrons. The topological polar surface area (TPSA) is 66.6 Å². The standard InChI is InChI=1S/C16H23FN2O2/c17-15-6-2-1-5-13(15)8-14(18)9-16(21)19-7-3-4-12(10-19)11-20/h1-2,5-6,12,14,20H,3-4,7-11,18H2/t12?,14-/m1/s1. The van der Waals surface area contributed by atoms with Crippen molar-refractivity contribution in [2.75, 3.05) is 19.7 Å². The number of amides is 1. The lowest BCUT2D eigenvalue weighted by atomic mass is 9.97. The van der Waals surface area contributed by atoms with Gasteiger partial charge in [-0.2, -0.15) is 0 Å². The minimum absolute atomic E-state index is 0.00279. The predicted molar refractivity (Wildman–Crippen MR) is 79.1 cm³/mol. The number of nitrogens with two attached hydrogens (primary N) is 1. The first kappa shape index (κ1) is 15.9. The van der Waals surface area contributed by atoms with Gasteiger partial charge in [0.05, 0.1) is 0 Å². The second-order valence-electron chi connectivity index (χ2n) is 5.79. The van der Waals surface area contributed by atoms with Crippen molar-refractivity contribution >= 4 is 5.91 Å². The fourth-order valence-corrected chi connectivity index (χ4v) is 2.81. The number of piperidine rings is 1. The SMILES string of the molecule is N[C@@H](CC(=O)N1CCCC(CO)C1)Cc1ccccc1F. The maximum Gasteiger partial charge on any atom is 0.224 e. The van der Waals surface area contributed by atoms with Gasteiger partial charge in [0.1, 0.15) is 5.82 Å². The fraction of sp³-hybridized carbons (Fsp3) is 0.562. The molecular formula is C16H23FN2O2. The van der Waals surface area contributed by atoms with Gasteiger partial charge >= 0.3 is 0 Å². The maximum absolute atomic E-state index is 13.6. The monoisotopic (exact) mass is 294 g/mol. The van der Waals surface area contributed by atoms with Crippen molar-refractivity contribution in [1.29, 1.82) is 0 Å². The number of hydrogen-bond acceptors (Lipinski definition) is 3. The molecule has 3 N–H and O–H groups in total. The normalized spacial score (nSPS) is 20.3. The van der Waals surface area contributed by atoms with Crippen molar-refractivity contribution in [3.8, 4) is 0 Å². The van der Waals surface area contributed by atoms with Gasteiger partial charge in [0.15, 0.2) is 0 Å². The first-order valence-electron chi connectivity index (χ1n) is 7.47. The van der Waals surface area contributed by atoms with Crippen LogP contribution in [0, 0.1) is 11.7 Å². The van der Waals surface area contributed by atoms with Crippen molar-refractivity contribution in [2.24, 2.45) is 11.7 Å². The molecule has 0 bridgehead atoms. The van der Waals surface area contributed by atoms with Crippen LogP contribution in [0.15, 0.2) is 24.3 Å². The lowest BCUT2D eigenvalue weighted by molar-refractivity contribution is -0.133. The molecule has 1 unspecified atom stereocenters. The van der Waals surface area contributed by atoms with Gasteiger partial charge in [0.25, 0.3) is 0 Å². The summed E-state index contributed by atoms with van der Waals surface area (Å²) in [7, 11) is 0. The lowest BCUT2D eigenvalue weighted by Gasteiger charge is -2.32. The largest absolute Gasteiger partial charge is 0.396 e. The van der Waals surface area contributed by atoms with Gasteiger partial charge in [-0.1, -0.05) is 18.2 Å². The summed E-state index contributed by atoms with van der Waals surface area (Å²) in [6, 6.07) is 6.12. The molecule has 0 aliphatic carbocycles. The van der Waals surface area contributed by atoms with Crippen LogP contribution in [0.3, 0.4) is 0 Å². The van der Waals surface area contributed by atoms with E-state index in [1.165, 1.54) is 6.07 Å². The molecule has 1 fully saturated rings. The zero-order chi connectivity index (χ0) is 15.2. The van der Waals surface area contributed by atoms with Crippen LogP contribution in [0.1, 0.15) is 24.8 Å². The van der Waals surface area contributed by atoms with E-state index in [1.807, 2.05) is 0 Å². The molecular weight excluding hydrogens is 271 g/mol. The van der Waals surface area contributed by atoms with E-state index >= 15 is 0 Å². The Morgan fingerprint density at radius 3 is 2.95 bits per heavy atom. The third kappa shape index (κ3) is 4.51. The van der Waals surface area contributed by atoms with Crippen molar-refractivity contribution in [3.05, 3.63) is 35.6 Å². The summed E-state index contributed by atoms with van der Waals surface area (Å²) in [5, 5.41) is 9.19. The molecule has 1 amide bonds. The summed E-state index contributed by atoms with van der Waals surface area (Å²) in [6.07, 6.45) is 2.45. The second-order valence-corrected chi connectivity index (χ2v) is 5.79. The molecule has 0 saturated carbocycles. The van der Waals surface area contributed by atoms with Crippen LogP contribution in [0.4, 0.5) is 4.39 Å². The number of rotatable bonds is 5. The number of hydrogen-bond donors (Lipinski definition) is 2. The van der Waals surface area contributed by atoms with E-state index in [9.17, 15) is 14.3 Å². The summed E-state index contributed by atoms with van der Waals surface area (Å²) in [6.45, 7) is 1.44. The summed E-state index contributed by atoms with van der Waals surface area (Å²) >= 11 is 0. The van der Waals surface area contributed by atoms with Gasteiger partial charge in [-0.05, 0) is 36.8 Å². The minimum Gasteiger partial charge on any atom is -0.396 e. The van der Waals surface area contributed by atoms with Gasteiger partial charge in [-0.15, -0.1) is 0 Å². The molecule has 116 valence electrons.